The second-order valence-corrected chi connectivity index (χ2v) is 35.9. The zero-order valence-corrected chi connectivity index (χ0v) is 68.3. The van der Waals surface area contributed by atoms with Crippen molar-refractivity contribution < 1.29 is 14.2 Å². The van der Waals surface area contributed by atoms with Gasteiger partial charge in [0.15, 0.2) is 0 Å². The van der Waals surface area contributed by atoms with Crippen LogP contribution in [-0.2, 0) is 10.8 Å². The summed E-state index contributed by atoms with van der Waals surface area (Å²) in [5.41, 5.74) is 30.0. The van der Waals surface area contributed by atoms with Crippen LogP contribution in [0.2, 0.25) is 0 Å². The van der Waals surface area contributed by atoms with Crippen molar-refractivity contribution in [3.8, 4) is 34.5 Å². The van der Waals surface area contributed by atoms with Crippen LogP contribution < -0.4 is 91.4 Å². The lowest BCUT2D eigenvalue weighted by Gasteiger charge is -2.47. The fraction of sp³-hybridized carbons (Fsp3) is 0.107. The van der Waals surface area contributed by atoms with Gasteiger partial charge < -0.3 is 43.6 Å². The molecule has 0 amide bonds. The summed E-state index contributed by atoms with van der Waals surface area (Å²) in [4.78, 5) is 17.5. The van der Waals surface area contributed by atoms with Gasteiger partial charge in [0.2, 0.25) is 0 Å². The molecule has 2 aromatic heterocycles. The highest BCUT2D eigenvalue weighted by molar-refractivity contribution is 7.29. The van der Waals surface area contributed by atoms with Crippen molar-refractivity contribution in [2.24, 2.45) is 0 Å². The average molecular weight is 1550 g/mol. The molecule has 0 aliphatic carbocycles. The number of thiophene rings is 2. The van der Waals surface area contributed by atoms with Gasteiger partial charge in [0.05, 0.1) is 17.1 Å². The maximum Gasteiger partial charge on any atom is 0.273 e. The highest BCUT2D eigenvalue weighted by atomic mass is 32.1. The molecular formula is C103H81B3N6O3S2. The molecule has 0 spiro atoms. The van der Waals surface area contributed by atoms with E-state index in [0.717, 1.165) is 170 Å². The fourth-order valence-electron chi connectivity index (χ4n) is 18.8. The van der Waals surface area contributed by atoms with E-state index in [4.69, 9.17) is 14.2 Å². The Labute approximate surface area is 693 Å². The molecule has 6 aliphatic heterocycles. The van der Waals surface area contributed by atoms with Crippen molar-refractivity contribution in [3.63, 3.8) is 0 Å². The molecule has 0 saturated heterocycles. The molecule has 0 radical (unpaired) electrons. The number of anilines is 18. The Morgan fingerprint density at radius 1 is 0.239 bits per heavy atom. The number of benzene rings is 14. The fourth-order valence-corrected chi connectivity index (χ4v) is 21.4. The van der Waals surface area contributed by atoms with Gasteiger partial charge in [0.25, 0.3) is 20.1 Å². The van der Waals surface area contributed by atoms with Crippen molar-refractivity contribution in [1.29, 1.82) is 0 Å². The Bertz CT molecular complexity index is 6570. The van der Waals surface area contributed by atoms with Crippen LogP contribution in [0, 0.1) is 20.8 Å². The lowest BCUT2D eigenvalue weighted by atomic mass is 9.30. The average Bonchev–Trinajstić information content (AvgIpc) is 1.28. The van der Waals surface area contributed by atoms with E-state index in [1.165, 1.54) is 41.2 Å². The lowest BCUT2D eigenvalue weighted by molar-refractivity contribution is 0.465. The number of rotatable bonds is 12. The number of para-hydroxylation sites is 9. The van der Waals surface area contributed by atoms with Gasteiger partial charge in [0, 0.05) is 134 Å². The standard InChI is InChI=1S/C103H81B3N6O3S2/c1-64-34-28-31-49-80(64)110-83-60-84-78(105-98-88(111(84)81-50-32-29-35-65(81)2)54-74(55-90(98)114-93-62-95(102(4,5)6)116-100(93)105)108(69-41-20-12-21-42-69)70-43-22-13-23-44-70)58-76(83)104-77-59-79-89(61-85(77)112(82-51-33-30-36-66(82)3)87-53-73(52-86(110)97(87)104)107(67-37-16-10-17-38-67)68-39-18-11-19-40-68)113-91-56-75(109(71-45-24-14-25-46-71)72-47-26-15-27-48-72)57-92-99(91)106(79)101-94(115-92)63-96(117-101)103(7,8)9/h10-63H,1-9H3. The summed E-state index contributed by atoms with van der Waals surface area (Å²) in [5, 5.41) is 0. The minimum absolute atomic E-state index is 0.171. The van der Waals surface area contributed by atoms with Gasteiger partial charge in [-0.25, -0.2) is 0 Å². The Balaban J connectivity index is 0.867. The second kappa shape index (κ2) is 27.0. The molecule has 0 atom stereocenters. The Kier molecular flexibility index (Phi) is 16.3. The highest BCUT2D eigenvalue weighted by Crippen LogP contribution is 2.55. The van der Waals surface area contributed by atoms with Crippen molar-refractivity contribution in [2.45, 2.75) is 73.1 Å². The van der Waals surface area contributed by atoms with E-state index >= 15 is 0 Å². The minimum atomic E-state index is -0.373. The van der Waals surface area contributed by atoms with E-state index in [1.807, 2.05) is 22.7 Å². The molecule has 8 heterocycles. The zero-order valence-electron chi connectivity index (χ0n) is 66.6. The third-order valence-electron chi connectivity index (χ3n) is 24.2. The molecule has 14 aromatic carbocycles. The van der Waals surface area contributed by atoms with Crippen molar-refractivity contribution in [3.05, 3.63) is 354 Å². The third kappa shape index (κ3) is 11.3. The molecule has 16 aromatic rings. The molecule has 6 aliphatic rings. The van der Waals surface area contributed by atoms with Crippen LogP contribution in [0.15, 0.2) is 328 Å². The van der Waals surface area contributed by atoms with Gasteiger partial charge in [-0.3, -0.25) is 0 Å². The van der Waals surface area contributed by atoms with Gasteiger partial charge >= 0.3 is 0 Å². The van der Waals surface area contributed by atoms with Gasteiger partial charge in [-0.05, 0) is 208 Å². The molecule has 117 heavy (non-hydrogen) atoms. The molecule has 0 unspecified atom stereocenters. The zero-order chi connectivity index (χ0) is 78.9. The summed E-state index contributed by atoms with van der Waals surface area (Å²) in [7, 11) is 0. The summed E-state index contributed by atoms with van der Waals surface area (Å²) >= 11 is 3.77. The molecule has 0 fully saturated rings. The van der Waals surface area contributed by atoms with Gasteiger partial charge in [-0.15, -0.1) is 22.7 Å². The normalized spacial score (nSPS) is 13.4. The topological polar surface area (TPSA) is 47.1 Å². The first kappa shape index (κ1) is 70.5. The minimum Gasteiger partial charge on any atom is -0.458 e. The Hall–Kier alpha value is -13.1. The first-order valence-corrected chi connectivity index (χ1v) is 42.2. The molecule has 9 nitrogen and oxygen atoms in total. The molecule has 562 valence electrons. The van der Waals surface area contributed by atoms with Crippen LogP contribution in [0.3, 0.4) is 0 Å². The number of hydrogen-bond acceptors (Lipinski definition) is 11. The SMILES string of the molecule is Cc1ccccc1N1c2cc3c(cc2B2c4sc(C(C)(C)C)cc4Oc4cc(N(c5ccccc5)c5ccccc5)cc1c42)B1c2cc4c(cc2N(c2ccccc2C)c2cc(N(c5ccccc5)c5ccccc5)cc(c21)N3c1ccccc1C)Oc1cc(N(c2ccccc2)c2ccccc2)cc2c1B4c1sc(C(C)(C)C)cc1O2. The summed E-state index contributed by atoms with van der Waals surface area (Å²) in [5.74, 6) is 4.95. The molecule has 14 heteroatoms. The predicted octanol–water partition coefficient (Wildman–Crippen LogP) is 23.0. The van der Waals surface area contributed by atoms with E-state index in [1.54, 1.807) is 0 Å². The maximum absolute atomic E-state index is 7.87. The molecule has 0 saturated carbocycles. The summed E-state index contributed by atoms with van der Waals surface area (Å²) < 4.78 is 25.3. The van der Waals surface area contributed by atoms with Crippen molar-refractivity contribution in [2.75, 3.05) is 29.4 Å². The first-order valence-electron chi connectivity index (χ1n) is 40.5. The van der Waals surface area contributed by atoms with E-state index in [9.17, 15) is 0 Å². The molecule has 0 bridgehead atoms. The smallest absolute Gasteiger partial charge is 0.273 e. The monoisotopic (exact) mass is 1550 g/mol. The number of hydrogen-bond donors (Lipinski definition) is 0. The quantitative estimate of drug-likeness (QED) is 0.111. The number of fused-ring (bicyclic) bond motifs is 12. The highest BCUT2D eigenvalue weighted by Gasteiger charge is 2.52. The van der Waals surface area contributed by atoms with E-state index < -0.39 is 0 Å². The third-order valence-corrected chi connectivity index (χ3v) is 27.5. The van der Waals surface area contributed by atoms with Crippen LogP contribution in [0.1, 0.15) is 68.0 Å². The van der Waals surface area contributed by atoms with Crippen LogP contribution >= 0.6 is 22.7 Å². The maximum atomic E-state index is 7.87. The number of ether oxygens (including phenoxy) is 3. The molecule has 22 rings (SSSR count). The predicted molar refractivity (Wildman–Crippen MR) is 495 cm³/mol. The van der Waals surface area contributed by atoms with Crippen molar-refractivity contribution >= 4 is 193 Å². The number of aryl methyl sites for hydroxylation is 3. The summed E-state index contributed by atoms with van der Waals surface area (Å²) in [6.45, 7) is 19.9. The van der Waals surface area contributed by atoms with Gasteiger partial charge in [-0.2, -0.15) is 0 Å². The largest absolute Gasteiger partial charge is 0.458 e. The van der Waals surface area contributed by atoms with E-state index in [2.05, 4.69) is 419 Å². The number of nitrogens with zero attached hydrogens (tertiary/aromatic N) is 6. The van der Waals surface area contributed by atoms with E-state index in [0.29, 0.717) is 0 Å². The van der Waals surface area contributed by atoms with Crippen LogP contribution in [0.4, 0.5) is 102 Å². The second-order valence-electron chi connectivity index (χ2n) is 33.7. The van der Waals surface area contributed by atoms with Gasteiger partial charge in [0.1, 0.15) is 34.5 Å². The van der Waals surface area contributed by atoms with Crippen molar-refractivity contribution in [1.82, 2.24) is 0 Å². The van der Waals surface area contributed by atoms with Gasteiger partial charge in [-0.1, -0.05) is 217 Å². The Morgan fingerprint density at radius 3 is 0.897 bits per heavy atom. The van der Waals surface area contributed by atoms with Crippen LogP contribution in [0.5, 0.6) is 34.5 Å². The van der Waals surface area contributed by atoms with Crippen LogP contribution in [0.25, 0.3) is 0 Å². The van der Waals surface area contributed by atoms with E-state index in [-0.39, 0.29) is 31.0 Å². The first-order chi connectivity index (χ1) is 57.0. The lowest BCUT2D eigenvalue weighted by Crippen LogP contribution is -2.65. The summed E-state index contributed by atoms with van der Waals surface area (Å²) in [6.07, 6.45) is 0. The summed E-state index contributed by atoms with van der Waals surface area (Å²) in [6, 6.07) is 121. The Morgan fingerprint density at radius 2 is 0.530 bits per heavy atom. The molecule has 0 N–H and O–H groups in total. The van der Waals surface area contributed by atoms with Crippen LogP contribution in [-0.4, -0.2) is 20.1 Å². The molecular weight excluding hydrogens is 1470 g/mol.